The lowest BCUT2D eigenvalue weighted by Gasteiger charge is -2.31. The van der Waals surface area contributed by atoms with Gasteiger partial charge in [0.05, 0.1) is 25.4 Å². The van der Waals surface area contributed by atoms with Gasteiger partial charge in [-0.25, -0.2) is 0 Å². The molecular weight excluding hydrogens is 266 g/mol. The highest BCUT2D eigenvalue weighted by atomic mass is 16.5. The first-order valence-corrected chi connectivity index (χ1v) is 8.69. The van der Waals surface area contributed by atoms with E-state index in [2.05, 4.69) is 4.90 Å². The number of rotatable bonds is 5. The Balaban J connectivity index is 1.57. The van der Waals surface area contributed by atoms with Crippen LogP contribution in [0.1, 0.15) is 64.2 Å². The molecule has 0 amide bonds. The average Bonchev–Trinajstić information content (AvgIpc) is 3.22. The van der Waals surface area contributed by atoms with Gasteiger partial charge < -0.3 is 9.47 Å². The summed E-state index contributed by atoms with van der Waals surface area (Å²) < 4.78 is 11.3. The number of esters is 1. The molecule has 3 aliphatic rings. The molecule has 0 aromatic carbocycles. The van der Waals surface area contributed by atoms with Crippen LogP contribution < -0.4 is 0 Å². The van der Waals surface area contributed by atoms with Gasteiger partial charge >= 0.3 is 5.97 Å². The summed E-state index contributed by atoms with van der Waals surface area (Å²) in [6, 6.07) is 0.549. The standard InChI is InChI=1S/C17H29NO3/c1-20-16(19)13-18(14-6-2-3-7-14)12-15-8-11-17(21-15)9-4-5-10-17/h14-15H,2-13H2,1H3. The van der Waals surface area contributed by atoms with Gasteiger partial charge in [0.1, 0.15) is 0 Å². The Morgan fingerprint density at radius 3 is 2.52 bits per heavy atom. The van der Waals surface area contributed by atoms with Gasteiger partial charge in [0, 0.05) is 12.6 Å². The van der Waals surface area contributed by atoms with Crippen molar-refractivity contribution in [3.05, 3.63) is 0 Å². The molecule has 4 heteroatoms. The number of methoxy groups -OCH3 is 1. The summed E-state index contributed by atoms with van der Waals surface area (Å²) in [4.78, 5) is 14.0. The van der Waals surface area contributed by atoms with Crippen molar-refractivity contribution >= 4 is 5.97 Å². The fourth-order valence-corrected chi connectivity index (χ4v) is 4.52. The van der Waals surface area contributed by atoms with Crippen molar-refractivity contribution in [3.63, 3.8) is 0 Å². The highest BCUT2D eigenvalue weighted by Gasteiger charge is 2.43. The van der Waals surface area contributed by atoms with Crippen molar-refractivity contribution in [2.75, 3.05) is 20.2 Å². The van der Waals surface area contributed by atoms with Crippen LogP contribution in [-0.4, -0.2) is 48.8 Å². The first-order valence-electron chi connectivity index (χ1n) is 8.69. The van der Waals surface area contributed by atoms with Crippen LogP contribution in [0.15, 0.2) is 0 Å². The van der Waals surface area contributed by atoms with Crippen LogP contribution in [-0.2, 0) is 14.3 Å². The van der Waals surface area contributed by atoms with Gasteiger partial charge in [-0.1, -0.05) is 25.7 Å². The lowest BCUT2D eigenvalue weighted by molar-refractivity contribution is -0.143. The highest BCUT2D eigenvalue weighted by molar-refractivity contribution is 5.71. The molecule has 4 nitrogen and oxygen atoms in total. The SMILES string of the molecule is COC(=O)CN(CC1CCC2(CCCC2)O1)C1CCCC1. The third-order valence-electron chi connectivity index (χ3n) is 5.69. The van der Waals surface area contributed by atoms with Crippen molar-refractivity contribution in [1.82, 2.24) is 4.90 Å². The molecule has 1 saturated heterocycles. The molecule has 21 heavy (non-hydrogen) atoms. The fourth-order valence-electron chi connectivity index (χ4n) is 4.52. The van der Waals surface area contributed by atoms with Crippen LogP contribution >= 0.6 is 0 Å². The molecule has 1 atom stereocenters. The first kappa shape index (κ1) is 15.3. The van der Waals surface area contributed by atoms with Crippen LogP contribution in [0.3, 0.4) is 0 Å². The van der Waals surface area contributed by atoms with Crippen LogP contribution in [0.25, 0.3) is 0 Å². The maximum Gasteiger partial charge on any atom is 0.319 e. The zero-order valence-corrected chi connectivity index (χ0v) is 13.3. The van der Waals surface area contributed by atoms with Gasteiger partial charge in [-0.3, -0.25) is 9.69 Å². The number of ether oxygens (including phenoxy) is 2. The lowest BCUT2D eigenvalue weighted by Crippen LogP contribution is -2.43. The number of carbonyl (C=O) groups excluding carboxylic acids is 1. The van der Waals surface area contributed by atoms with E-state index in [9.17, 15) is 4.79 Å². The minimum atomic E-state index is -0.115. The molecule has 1 heterocycles. The van der Waals surface area contributed by atoms with Crippen molar-refractivity contribution in [2.24, 2.45) is 0 Å². The van der Waals surface area contributed by atoms with Crippen LogP contribution in [0.5, 0.6) is 0 Å². The van der Waals surface area contributed by atoms with Gasteiger partial charge in [0.25, 0.3) is 0 Å². The summed E-state index contributed by atoms with van der Waals surface area (Å²) in [5, 5.41) is 0. The summed E-state index contributed by atoms with van der Waals surface area (Å²) in [5.74, 6) is -0.115. The highest BCUT2D eigenvalue weighted by Crippen LogP contribution is 2.43. The maximum atomic E-state index is 11.7. The zero-order valence-electron chi connectivity index (χ0n) is 13.3. The van der Waals surface area contributed by atoms with Crippen LogP contribution in [0, 0.1) is 0 Å². The Labute approximate surface area is 128 Å². The van der Waals surface area contributed by atoms with Gasteiger partial charge in [0.2, 0.25) is 0 Å². The third-order valence-corrected chi connectivity index (χ3v) is 5.69. The molecule has 3 fully saturated rings. The molecule has 0 bridgehead atoms. The predicted octanol–water partition coefficient (Wildman–Crippen LogP) is 2.90. The van der Waals surface area contributed by atoms with Crippen molar-refractivity contribution in [2.45, 2.75) is 82.0 Å². The summed E-state index contributed by atoms with van der Waals surface area (Å²) >= 11 is 0. The van der Waals surface area contributed by atoms with E-state index in [1.54, 1.807) is 0 Å². The molecule has 1 aliphatic heterocycles. The second-order valence-electron chi connectivity index (χ2n) is 7.11. The third kappa shape index (κ3) is 3.59. The van der Waals surface area contributed by atoms with E-state index in [1.165, 1.54) is 64.9 Å². The number of hydrogen-bond acceptors (Lipinski definition) is 4. The molecule has 0 aromatic rings. The van der Waals surface area contributed by atoms with E-state index >= 15 is 0 Å². The van der Waals surface area contributed by atoms with Gasteiger partial charge in [-0.05, 0) is 38.5 Å². The molecule has 120 valence electrons. The average molecular weight is 295 g/mol. The van der Waals surface area contributed by atoms with Gasteiger partial charge in [-0.2, -0.15) is 0 Å². The summed E-state index contributed by atoms with van der Waals surface area (Å²) in [6.45, 7) is 1.33. The van der Waals surface area contributed by atoms with Crippen LogP contribution in [0.4, 0.5) is 0 Å². The normalized spacial score (nSPS) is 28.8. The Morgan fingerprint density at radius 1 is 1.14 bits per heavy atom. The summed E-state index contributed by atoms with van der Waals surface area (Å²) in [7, 11) is 1.48. The van der Waals surface area contributed by atoms with E-state index in [1.807, 2.05) is 0 Å². The van der Waals surface area contributed by atoms with E-state index < -0.39 is 0 Å². The van der Waals surface area contributed by atoms with Gasteiger partial charge in [-0.15, -0.1) is 0 Å². The molecule has 2 saturated carbocycles. The molecule has 1 spiro atoms. The molecule has 3 rings (SSSR count). The Bertz CT molecular complexity index is 359. The van der Waals surface area contributed by atoms with E-state index in [-0.39, 0.29) is 11.6 Å². The topological polar surface area (TPSA) is 38.8 Å². The van der Waals surface area contributed by atoms with Gasteiger partial charge in [0.15, 0.2) is 0 Å². The Kier molecular flexibility index (Phi) is 4.85. The van der Waals surface area contributed by atoms with Crippen LogP contribution in [0.2, 0.25) is 0 Å². The molecule has 0 N–H and O–H groups in total. The van der Waals surface area contributed by atoms with E-state index in [0.717, 1.165) is 13.0 Å². The second kappa shape index (κ2) is 6.66. The fraction of sp³-hybridized carbons (Fsp3) is 0.941. The first-order chi connectivity index (χ1) is 10.2. The lowest BCUT2D eigenvalue weighted by atomic mass is 9.98. The zero-order chi connectivity index (χ0) is 14.7. The summed E-state index contributed by atoms with van der Waals surface area (Å²) in [5.41, 5.74) is 0.192. The monoisotopic (exact) mass is 295 g/mol. The number of hydrogen-bond donors (Lipinski definition) is 0. The molecular formula is C17H29NO3. The summed E-state index contributed by atoms with van der Waals surface area (Å²) in [6.07, 6.45) is 12.8. The van der Waals surface area contributed by atoms with Crippen molar-refractivity contribution < 1.29 is 14.3 Å². The minimum Gasteiger partial charge on any atom is -0.468 e. The molecule has 2 aliphatic carbocycles. The smallest absolute Gasteiger partial charge is 0.319 e. The quantitative estimate of drug-likeness (QED) is 0.731. The van der Waals surface area contributed by atoms with Crippen molar-refractivity contribution in [1.29, 1.82) is 0 Å². The minimum absolute atomic E-state index is 0.115. The Morgan fingerprint density at radius 2 is 1.86 bits per heavy atom. The largest absolute Gasteiger partial charge is 0.468 e. The predicted molar refractivity (Wildman–Crippen MR) is 81.2 cm³/mol. The molecule has 0 aromatic heterocycles. The molecule has 1 unspecified atom stereocenters. The van der Waals surface area contributed by atoms with E-state index in [0.29, 0.717) is 18.7 Å². The number of carbonyl (C=O) groups is 1. The second-order valence-corrected chi connectivity index (χ2v) is 7.11. The van der Waals surface area contributed by atoms with Crippen molar-refractivity contribution in [3.8, 4) is 0 Å². The Hall–Kier alpha value is -0.610. The maximum absolute atomic E-state index is 11.7. The van der Waals surface area contributed by atoms with E-state index in [4.69, 9.17) is 9.47 Å². The molecule has 0 radical (unpaired) electrons. The number of nitrogens with zero attached hydrogens (tertiary/aromatic N) is 1.